The number of anilines is 1. The molecule has 13 nitrogen and oxygen atoms in total. The molecule has 352 valence electrons. The zero-order valence-corrected chi connectivity index (χ0v) is 40.3. The second-order valence-electron chi connectivity index (χ2n) is 14.5. The lowest BCUT2D eigenvalue weighted by molar-refractivity contribution is 0.301. The van der Waals surface area contributed by atoms with Crippen molar-refractivity contribution in [3.8, 4) is 57.4 Å². The first-order valence-electron chi connectivity index (χ1n) is 20.3. The van der Waals surface area contributed by atoms with Crippen molar-refractivity contribution < 1.29 is 27.4 Å². The molecule has 0 atom stereocenters. The lowest BCUT2D eigenvalue weighted by atomic mass is 9.96. The monoisotopic (exact) mass is 1040 g/mol. The van der Waals surface area contributed by atoms with E-state index in [0.717, 1.165) is 50.1 Å². The molecular formula is C50H40Cl5N7O6S. The molecule has 0 aliphatic heterocycles. The quantitative estimate of drug-likeness (QED) is 0.0715. The minimum absolute atomic E-state index is 0. The third-order valence-corrected chi connectivity index (χ3v) is 11.4. The van der Waals surface area contributed by atoms with Crippen LogP contribution in [0.25, 0.3) is 43.8 Å². The Labute approximate surface area is 424 Å². The molecule has 0 radical (unpaired) electrons. The predicted octanol–water partition coefficient (Wildman–Crippen LogP) is 12.7. The Morgan fingerprint density at radius 3 is 1.54 bits per heavy atom. The molecule has 0 aliphatic rings. The van der Waals surface area contributed by atoms with Crippen molar-refractivity contribution in [2.45, 2.75) is 20.6 Å². The van der Waals surface area contributed by atoms with Gasteiger partial charge in [-0.15, -0.1) is 23.2 Å². The fourth-order valence-corrected chi connectivity index (χ4v) is 8.20. The van der Waals surface area contributed by atoms with Crippen LogP contribution in [-0.2, 0) is 23.2 Å². The summed E-state index contributed by atoms with van der Waals surface area (Å²) in [6, 6.07) is 38.0. The number of hydrogen-bond acceptors (Lipinski definition) is 12. The average molecular weight is 1040 g/mol. The van der Waals surface area contributed by atoms with Gasteiger partial charge in [0.1, 0.15) is 50.1 Å². The number of fused-ring (bicyclic) bond motifs is 2. The van der Waals surface area contributed by atoms with Crippen LogP contribution in [0.2, 0.25) is 15.3 Å². The number of alkyl halides is 2. The third-order valence-electron chi connectivity index (χ3n) is 9.75. The molecule has 8 rings (SSSR count). The van der Waals surface area contributed by atoms with Gasteiger partial charge in [0.15, 0.2) is 11.5 Å². The molecule has 8 aromatic rings. The maximum Gasteiger partial charge on any atom is 0.236 e. The van der Waals surface area contributed by atoms with Crippen LogP contribution in [0.15, 0.2) is 122 Å². The smallest absolute Gasteiger partial charge is 0.236 e. The lowest BCUT2D eigenvalue weighted by Crippen LogP contribution is -2.13. The summed E-state index contributed by atoms with van der Waals surface area (Å²) in [5.41, 5.74) is 5.33. The number of halogens is 5. The van der Waals surface area contributed by atoms with Gasteiger partial charge in [-0.2, -0.15) is 10.5 Å². The SMILES string of the molecule is C.CS(=O)(=O)Nc1nccc(COc2ccc3c(-c4cc(Cl)c(OCCCl)c(C#N)c4)cccc3c2)n1.N#Cc1cc(-c2cccc3cc(OCc4ccnc(Cl)n4)ccc23)cc(Cl)c1OCCCl. The van der Waals surface area contributed by atoms with Gasteiger partial charge in [0.25, 0.3) is 0 Å². The van der Waals surface area contributed by atoms with Crippen LogP contribution in [0.5, 0.6) is 23.0 Å². The number of nitrogens with zero attached hydrogens (tertiary/aromatic N) is 6. The van der Waals surface area contributed by atoms with Gasteiger partial charge in [-0.3, -0.25) is 4.72 Å². The lowest BCUT2D eigenvalue weighted by Gasteiger charge is -2.13. The highest BCUT2D eigenvalue weighted by Gasteiger charge is 2.16. The Morgan fingerprint density at radius 1 is 0.609 bits per heavy atom. The summed E-state index contributed by atoms with van der Waals surface area (Å²) in [5.74, 6) is 2.55. The molecule has 2 aromatic heterocycles. The molecule has 0 bridgehead atoms. The number of aromatic nitrogens is 4. The van der Waals surface area contributed by atoms with Gasteiger partial charge >= 0.3 is 0 Å². The summed E-state index contributed by atoms with van der Waals surface area (Å²) >= 11 is 30.1. The van der Waals surface area contributed by atoms with Crippen molar-refractivity contribution in [2.75, 3.05) is 36.0 Å². The van der Waals surface area contributed by atoms with E-state index in [2.05, 4.69) is 36.8 Å². The second-order valence-corrected chi connectivity index (χ2v) is 18.1. The molecular weight excluding hydrogens is 1000 g/mol. The van der Waals surface area contributed by atoms with Crippen molar-refractivity contribution in [1.82, 2.24) is 19.9 Å². The molecule has 69 heavy (non-hydrogen) atoms. The minimum atomic E-state index is -3.48. The van der Waals surface area contributed by atoms with Crippen LogP contribution < -0.4 is 23.7 Å². The number of sulfonamides is 1. The van der Waals surface area contributed by atoms with Crippen molar-refractivity contribution in [1.29, 1.82) is 10.5 Å². The molecule has 0 aliphatic carbocycles. The Kier molecular flexibility index (Phi) is 18.1. The first-order valence-corrected chi connectivity index (χ1v) is 24.4. The fraction of sp³-hybridized carbons (Fsp3) is 0.160. The van der Waals surface area contributed by atoms with Crippen LogP contribution in [0.1, 0.15) is 29.9 Å². The molecule has 6 aromatic carbocycles. The molecule has 0 saturated heterocycles. The van der Waals surface area contributed by atoms with E-state index in [0.29, 0.717) is 61.4 Å². The zero-order valence-electron chi connectivity index (χ0n) is 35.7. The van der Waals surface area contributed by atoms with Gasteiger partial charge in [0.2, 0.25) is 21.3 Å². The molecule has 0 fully saturated rings. The van der Waals surface area contributed by atoms with Crippen LogP contribution in [-0.4, -0.2) is 59.6 Å². The highest BCUT2D eigenvalue weighted by atomic mass is 35.5. The molecule has 0 saturated carbocycles. The third kappa shape index (κ3) is 13.6. The van der Waals surface area contributed by atoms with Gasteiger partial charge < -0.3 is 18.9 Å². The van der Waals surface area contributed by atoms with Crippen LogP contribution >= 0.6 is 58.0 Å². The summed E-state index contributed by atoms with van der Waals surface area (Å²) in [5, 5.41) is 23.9. The molecule has 0 spiro atoms. The summed E-state index contributed by atoms with van der Waals surface area (Å²) in [6.07, 6.45) is 4.08. The van der Waals surface area contributed by atoms with E-state index in [1.807, 2.05) is 72.8 Å². The van der Waals surface area contributed by atoms with E-state index in [9.17, 15) is 18.9 Å². The Bertz CT molecular complexity index is 3340. The van der Waals surface area contributed by atoms with Crippen LogP contribution in [0.3, 0.4) is 0 Å². The summed E-state index contributed by atoms with van der Waals surface area (Å²) < 4.78 is 47.9. The van der Waals surface area contributed by atoms with Gasteiger partial charge in [-0.1, -0.05) is 79.2 Å². The van der Waals surface area contributed by atoms with E-state index in [1.165, 1.54) is 6.20 Å². The largest absolute Gasteiger partial charge is 0.489 e. The topological polar surface area (TPSA) is 182 Å². The highest BCUT2D eigenvalue weighted by Crippen LogP contribution is 2.39. The molecule has 1 N–H and O–H groups in total. The molecule has 0 amide bonds. The number of nitrogens with one attached hydrogen (secondary N) is 1. The van der Waals surface area contributed by atoms with Crippen molar-refractivity contribution in [3.63, 3.8) is 0 Å². The maximum atomic E-state index is 11.4. The molecule has 2 heterocycles. The number of rotatable bonds is 16. The van der Waals surface area contributed by atoms with Gasteiger partial charge in [0.05, 0.1) is 50.6 Å². The zero-order chi connectivity index (χ0) is 48.2. The summed E-state index contributed by atoms with van der Waals surface area (Å²) in [7, 11) is -3.48. The number of hydrogen-bond donors (Lipinski definition) is 1. The van der Waals surface area contributed by atoms with Crippen molar-refractivity contribution in [2.24, 2.45) is 0 Å². The normalized spacial score (nSPS) is 10.8. The van der Waals surface area contributed by atoms with E-state index in [4.69, 9.17) is 77.0 Å². The van der Waals surface area contributed by atoms with E-state index in [-0.39, 0.29) is 51.0 Å². The van der Waals surface area contributed by atoms with Crippen molar-refractivity contribution >= 4 is 95.5 Å². The van der Waals surface area contributed by atoms with Crippen LogP contribution in [0.4, 0.5) is 5.95 Å². The second kappa shape index (κ2) is 24.1. The first kappa shape index (κ1) is 51.8. The fourth-order valence-electron chi connectivity index (χ4n) is 6.90. The van der Waals surface area contributed by atoms with Gasteiger partial charge in [-0.25, -0.2) is 28.4 Å². The average Bonchev–Trinajstić information content (AvgIpc) is 3.33. The minimum Gasteiger partial charge on any atom is -0.489 e. The first-order chi connectivity index (χ1) is 32.9. The van der Waals surface area contributed by atoms with E-state index in [1.54, 1.807) is 42.6 Å². The maximum absolute atomic E-state index is 11.4. The predicted molar refractivity (Wildman–Crippen MR) is 274 cm³/mol. The number of benzene rings is 6. The molecule has 0 unspecified atom stereocenters. The van der Waals surface area contributed by atoms with Gasteiger partial charge in [0, 0.05) is 12.4 Å². The Hall–Kier alpha value is -6.62. The summed E-state index contributed by atoms with van der Waals surface area (Å²) in [6.45, 7) is 0.917. The van der Waals surface area contributed by atoms with Gasteiger partial charge in [-0.05, 0) is 116 Å². The Balaban J connectivity index is 0.000000225. The number of ether oxygens (including phenoxy) is 4. The van der Waals surface area contributed by atoms with E-state index >= 15 is 0 Å². The standard InChI is InChI=1S/C25H20Cl2N4O4S.C24H16Cl3N3O2.CH4/c1-36(32,33)31-25-29-9-7-19(30-25)15-35-20-5-6-22-16(12-20)3-2-4-21(22)17-11-18(14-28)24(23(27)13-17)34-10-8-26;25-7-9-31-23-17(13-28)10-16(12-22(23)26)20-3-1-2-15-11-19(4-5-21(15)20)32-14-18-6-8-29-24(27)30-18;/h2-7,9,11-13H,8,10,15H2,1H3,(H,29,30,31);1-6,8,10-12H,7,9,14H2;1H4. The Morgan fingerprint density at radius 2 is 1.09 bits per heavy atom. The highest BCUT2D eigenvalue weighted by molar-refractivity contribution is 7.92. The van der Waals surface area contributed by atoms with Crippen LogP contribution in [0, 0.1) is 22.7 Å². The van der Waals surface area contributed by atoms with Crippen molar-refractivity contribution in [3.05, 3.63) is 159 Å². The number of nitriles is 2. The summed E-state index contributed by atoms with van der Waals surface area (Å²) in [4.78, 5) is 16.0. The van der Waals surface area contributed by atoms with E-state index < -0.39 is 10.0 Å². The molecule has 19 heteroatoms.